The first-order chi connectivity index (χ1) is 13.9. The van der Waals surface area contributed by atoms with Gasteiger partial charge in [0.25, 0.3) is 0 Å². The van der Waals surface area contributed by atoms with Crippen LogP contribution in [0.25, 0.3) is 11.5 Å². The minimum absolute atomic E-state index is 0.0449. The SMILES string of the molecule is CC(=O)Nc1ccc(S(=O)(=O)N2CCC(c3nnc(-c4ccsc4)o3)CC2)cc1. The number of benzene rings is 1. The van der Waals surface area contributed by atoms with Crippen molar-refractivity contribution in [2.24, 2.45) is 0 Å². The fourth-order valence-corrected chi connectivity index (χ4v) is 5.41. The Morgan fingerprint density at radius 2 is 1.90 bits per heavy atom. The maximum Gasteiger partial charge on any atom is 0.248 e. The number of amides is 1. The van der Waals surface area contributed by atoms with E-state index in [2.05, 4.69) is 15.5 Å². The highest BCUT2D eigenvalue weighted by atomic mass is 32.2. The Hall–Kier alpha value is -2.56. The monoisotopic (exact) mass is 432 g/mol. The average molecular weight is 433 g/mol. The molecule has 29 heavy (non-hydrogen) atoms. The predicted molar refractivity (Wildman–Crippen MR) is 109 cm³/mol. The Labute approximate surface area is 172 Å². The summed E-state index contributed by atoms with van der Waals surface area (Å²) in [6, 6.07) is 8.13. The molecule has 0 spiro atoms. The molecule has 1 fully saturated rings. The number of sulfonamides is 1. The van der Waals surface area contributed by atoms with Gasteiger partial charge in [-0.2, -0.15) is 15.6 Å². The Morgan fingerprint density at radius 1 is 1.17 bits per heavy atom. The highest BCUT2D eigenvalue weighted by Crippen LogP contribution is 2.32. The van der Waals surface area contributed by atoms with E-state index in [9.17, 15) is 13.2 Å². The molecule has 0 unspecified atom stereocenters. The van der Waals surface area contributed by atoms with Gasteiger partial charge in [-0.15, -0.1) is 10.2 Å². The third-order valence-electron chi connectivity index (χ3n) is 4.82. The van der Waals surface area contributed by atoms with Crippen LogP contribution in [-0.4, -0.2) is 41.9 Å². The third kappa shape index (κ3) is 4.24. The summed E-state index contributed by atoms with van der Waals surface area (Å²) in [4.78, 5) is 11.3. The zero-order valence-corrected chi connectivity index (χ0v) is 17.4. The van der Waals surface area contributed by atoms with Crippen molar-refractivity contribution in [1.82, 2.24) is 14.5 Å². The van der Waals surface area contributed by atoms with Crippen LogP contribution in [0.5, 0.6) is 0 Å². The first kappa shape index (κ1) is 19.7. The molecule has 1 aliphatic heterocycles. The molecule has 2 aromatic heterocycles. The molecule has 3 aromatic rings. The number of hydrogen-bond acceptors (Lipinski definition) is 7. The minimum atomic E-state index is -3.59. The fourth-order valence-electron chi connectivity index (χ4n) is 3.31. The van der Waals surface area contributed by atoms with Gasteiger partial charge in [0.1, 0.15) is 0 Å². The molecule has 0 bridgehead atoms. The van der Waals surface area contributed by atoms with Crippen LogP contribution in [-0.2, 0) is 14.8 Å². The summed E-state index contributed by atoms with van der Waals surface area (Å²) in [6.07, 6.45) is 1.24. The van der Waals surface area contributed by atoms with E-state index >= 15 is 0 Å². The number of anilines is 1. The lowest BCUT2D eigenvalue weighted by atomic mass is 9.98. The van der Waals surface area contributed by atoms with E-state index in [0.717, 1.165) is 5.56 Å². The summed E-state index contributed by atoms with van der Waals surface area (Å²) in [5.41, 5.74) is 1.46. The van der Waals surface area contributed by atoms with Gasteiger partial charge in [0, 0.05) is 42.6 Å². The van der Waals surface area contributed by atoms with E-state index < -0.39 is 10.0 Å². The lowest BCUT2D eigenvalue weighted by Gasteiger charge is -2.29. The van der Waals surface area contributed by atoms with Gasteiger partial charge in [-0.25, -0.2) is 8.42 Å². The van der Waals surface area contributed by atoms with Gasteiger partial charge in [-0.1, -0.05) is 0 Å². The zero-order chi connectivity index (χ0) is 20.4. The van der Waals surface area contributed by atoms with Crippen LogP contribution in [0.2, 0.25) is 0 Å². The van der Waals surface area contributed by atoms with Crippen molar-refractivity contribution < 1.29 is 17.6 Å². The maximum atomic E-state index is 12.9. The molecular weight excluding hydrogens is 412 g/mol. The molecule has 1 saturated heterocycles. The number of nitrogens with zero attached hydrogens (tertiary/aromatic N) is 3. The van der Waals surface area contributed by atoms with Crippen LogP contribution in [0, 0.1) is 0 Å². The Morgan fingerprint density at radius 3 is 2.52 bits per heavy atom. The van der Waals surface area contributed by atoms with Crippen molar-refractivity contribution >= 4 is 33.0 Å². The van der Waals surface area contributed by atoms with Crippen LogP contribution in [0.15, 0.2) is 50.4 Å². The largest absolute Gasteiger partial charge is 0.420 e. The smallest absolute Gasteiger partial charge is 0.248 e. The Kier molecular flexibility index (Phi) is 5.48. The van der Waals surface area contributed by atoms with E-state index in [0.29, 0.717) is 43.4 Å². The molecule has 0 radical (unpaired) electrons. The highest BCUT2D eigenvalue weighted by Gasteiger charge is 2.32. The number of carbonyl (C=O) groups excluding carboxylic acids is 1. The van der Waals surface area contributed by atoms with Crippen molar-refractivity contribution in [3.8, 4) is 11.5 Å². The van der Waals surface area contributed by atoms with Crippen molar-refractivity contribution in [3.63, 3.8) is 0 Å². The van der Waals surface area contributed by atoms with Crippen LogP contribution in [0.1, 0.15) is 31.6 Å². The number of thiophene rings is 1. The third-order valence-corrected chi connectivity index (χ3v) is 7.42. The summed E-state index contributed by atoms with van der Waals surface area (Å²) < 4.78 is 33.1. The minimum Gasteiger partial charge on any atom is -0.420 e. The van der Waals surface area contributed by atoms with E-state index in [-0.39, 0.29) is 16.7 Å². The summed E-state index contributed by atoms with van der Waals surface area (Å²) in [5.74, 6) is 0.896. The Bertz CT molecular complexity index is 1080. The van der Waals surface area contributed by atoms with Crippen molar-refractivity contribution in [2.75, 3.05) is 18.4 Å². The molecule has 0 atom stereocenters. The quantitative estimate of drug-likeness (QED) is 0.663. The second-order valence-corrected chi connectivity index (χ2v) is 9.56. The number of carbonyl (C=O) groups is 1. The molecule has 10 heteroatoms. The van der Waals surface area contributed by atoms with E-state index in [1.165, 1.54) is 23.4 Å². The molecule has 152 valence electrons. The Balaban J connectivity index is 1.41. The topological polar surface area (TPSA) is 105 Å². The normalized spacial score (nSPS) is 16.0. The summed E-state index contributed by atoms with van der Waals surface area (Å²) in [6.45, 7) is 2.18. The maximum absolute atomic E-state index is 12.9. The molecule has 0 aliphatic carbocycles. The molecule has 8 nitrogen and oxygen atoms in total. The van der Waals surface area contributed by atoms with Gasteiger partial charge in [0.15, 0.2) is 0 Å². The van der Waals surface area contributed by atoms with Crippen molar-refractivity contribution in [3.05, 3.63) is 47.0 Å². The average Bonchev–Trinajstić information content (AvgIpc) is 3.40. The van der Waals surface area contributed by atoms with Gasteiger partial charge >= 0.3 is 0 Å². The van der Waals surface area contributed by atoms with Gasteiger partial charge < -0.3 is 9.73 Å². The molecule has 1 N–H and O–H groups in total. The molecule has 4 rings (SSSR count). The second kappa shape index (κ2) is 8.05. The first-order valence-corrected chi connectivity index (χ1v) is 11.6. The van der Waals surface area contributed by atoms with Gasteiger partial charge in [-0.3, -0.25) is 4.79 Å². The van der Waals surface area contributed by atoms with Crippen molar-refractivity contribution in [1.29, 1.82) is 0 Å². The summed E-state index contributed by atoms with van der Waals surface area (Å²) in [7, 11) is -3.59. The second-order valence-electron chi connectivity index (χ2n) is 6.84. The number of rotatable bonds is 5. The molecule has 1 aromatic carbocycles. The molecule has 0 saturated carbocycles. The molecule has 1 amide bonds. The lowest BCUT2D eigenvalue weighted by molar-refractivity contribution is -0.114. The number of aromatic nitrogens is 2. The zero-order valence-electron chi connectivity index (χ0n) is 15.7. The van der Waals surface area contributed by atoms with E-state index in [1.807, 2.05) is 16.8 Å². The molecule has 1 aliphatic rings. The summed E-state index contributed by atoms with van der Waals surface area (Å²) >= 11 is 1.56. The van der Waals surface area contributed by atoms with Crippen LogP contribution < -0.4 is 5.32 Å². The number of nitrogens with one attached hydrogen (secondary N) is 1. The molecular formula is C19H20N4O4S2. The van der Waals surface area contributed by atoms with Crippen molar-refractivity contribution in [2.45, 2.75) is 30.6 Å². The number of piperidine rings is 1. The van der Waals surface area contributed by atoms with Crippen LogP contribution in [0.4, 0.5) is 5.69 Å². The highest BCUT2D eigenvalue weighted by molar-refractivity contribution is 7.89. The lowest BCUT2D eigenvalue weighted by Crippen LogP contribution is -2.37. The van der Waals surface area contributed by atoms with Crippen LogP contribution in [0.3, 0.4) is 0 Å². The summed E-state index contributed by atoms with van der Waals surface area (Å²) in [5, 5.41) is 14.8. The standard InChI is InChI=1S/C19H20N4O4S2/c1-13(24)20-16-2-4-17(5-3-16)29(25,26)23-9-6-14(7-10-23)18-21-22-19(27-18)15-8-11-28-12-15/h2-5,8,11-12,14H,6-7,9-10H2,1H3,(H,20,24). The first-order valence-electron chi connectivity index (χ1n) is 9.17. The number of hydrogen-bond donors (Lipinski definition) is 1. The van der Waals surface area contributed by atoms with E-state index in [1.54, 1.807) is 23.5 Å². The van der Waals surface area contributed by atoms with Crippen LogP contribution >= 0.6 is 11.3 Å². The van der Waals surface area contributed by atoms with Gasteiger partial charge in [-0.05, 0) is 48.6 Å². The van der Waals surface area contributed by atoms with Gasteiger partial charge in [0.05, 0.1) is 4.90 Å². The molecule has 3 heterocycles. The van der Waals surface area contributed by atoms with E-state index in [4.69, 9.17) is 4.42 Å². The fraction of sp³-hybridized carbons (Fsp3) is 0.316. The predicted octanol–water partition coefficient (Wildman–Crippen LogP) is 3.32. The van der Waals surface area contributed by atoms with Gasteiger partial charge in [0.2, 0.25) is 27.7 Å².